The summed E-state index contributed by atoms with van der Waals surface area (Å²) in [6.07, 6.45) is 0. The highest BCUT2D eigenvalue weighted by Crippen LogP contribution is 2.64. The molecule has 0 fully saturated rings. The molecule has 7 aromatic carbocycles. The van der Waals surface area contributed by atoms with Crippen LogP contribution < -0.4 is 0 Å². The van der Waals surface area contributed by atoms with Crippen molar-refractivity contribution in [2.24, 2.45) is 0 Å². The Bertz CT molecular complexity index is 2660. The molecule has 0 saturated heterocycles. The molecule has 11 rings (SSSR count). The number of para-hydroxylation sites is 2. The molecule has 0 bridgehead atoms. The third-order valence-corrected chi connectivity index (χ3v) is 10.4. The van der Waals surface area contributed by atoms with Crippen molar-refractivity contribution in [2.75, 3.05) is 0 Å². The molecule has 0 atom stereocenters. The summed E-state index contributed by atoms with van der Waals surface area (Å²) < 4.78 is 9.55. The van der Waals surface area contributed by atoms with Gasteiger partial charge in [0.2, 0.25) is 0 Å². The van der Waals surface area contributed by atoms with Crippen molar-refractivity contribution in [1.29, 1.82) is 0 Å². The molecule has 0 amide bonds. The fraction of sp³-hybridized carbons (Fsp3) is 0.0233. The Morgan fingerprint density at radius 1 is 0.400 bits per heavy atom. The molecule has 0 aliphatic heterocycles. The lowest BCUT2D eigenvalue weighted by Gasteiger charge is -2.30. The van der Waals surface area contributed by atoms with Gasteiger partial charge in [-0.05, 0) is 69.3 Å². The van der Waals surface area contributed by atoms with Crippen molar-refractivity contribution in [2.45, 2.75) is 5.41 Å². The van der Waals surface area contributed by atoms with Crippen LogP contribution in [0.5, 0.6) is 0 Å². The van der Waals surface area contributed by atoms with Gasteiger partial charge in [-0.1, -0.05) is 121 Å². The molecule has 0 radical (unpaired) electrons. The van der Waals surface area contributed by atoms with E-state index in [0.29, 0.717) is 0 Å². The Morgan fingerprint density at radius 2 is 0.978 bits per heavy atom. The largest absolute Gasteiger partial charge is 0.455 e. The van der Waals surface area contributed by atoms with E-state index in [1.54, 1.807) is 0 Å². The summed E-state index contributed by atoms with van der Waals surface area (Å²) in [5.74, 6) is 0. The van der Waals surface area contributed by atoms with Gasteiger partial charge < -0.3 is 8.98 Å². The molecule has 2 nitrogen and oxygen atoms in total. The fourth-order valence-electron chi connectivity index (χ4n) is 8.77. The Balaban J connectivity index is 1.30. The van der Waals surface area contributed by atoms with Gasteiger partial charge in [-0.2, -0.15) is 0 Å². The summed E-state index contributed by atoms with van der Waals surface area (Å²) >= 11 is 0. The number of benzene rings is 7. The first kappa shape index (κ1) is 23.6. The molecule has 0 unspecified atom stereocenters. The van der Waals surface area contributed by atoms with Crippen LogP contribution in [-0.4, -0.2) is 4.57 Å². The molecule has 2 aliphatic rings. The average molecular weight is 572 g/mol. The van der Waals surface area contributed by atoms with Crippen LogP contribution in [0.4, 0.5) is 0 Å². The predicted molar refractivity (Wildman–Crippen MR) is 184 cm³/mol. The Hall–Kier alpha value is -5.86. The second-order valence-electron chi connectivity index (χ2n) is 12.4. The molecule has 45 heavy (non-hydrogen) atoms. The van der Waals surface area contributed by atoms with Gasteiger partial charge >= 0.3 is 0 Å². The van der Waals surface area contributed by atoms with E-state index in [-0.39, 0.29) is 5.41 Å². The third-order valence-electron chi connectivity index (χ3n) is 10.4. The van der Waals surface area contributed by atoms with E-state index in [4.69, 9.17) is 4.42 Å². The minimum Gasteiger partial charge on any atom is -0.455 e. The van der Waals surface area contributed by atoms with Gasteiger partial charge in [0, 0.05) is 27.4 Å². The molecule has 0 saturated carbocycles. The monoisotopic (exact) mass is 571 g/mol. The van der Waals surface area contributed by atoms with E-state index in [0.717, 1.165) is 38.5 Å². The molecular formula is C43H25NO. The molecule has 208 valence electrons. The van der Waals surface area contributed by atoms with Crippen molar-refractivity contribution < 1.29 is 4.42 Å². The van der Waals surface area contributed by atoms with Gasteiger partial charge in [-0.3, -0.25) is 0 Å². The Labute approximate surface area is 259 Å². The first-order chi connectivity index (χ1) is 22.4. The molecule has 2 aromatic heterocycles. The van der Waals surface area contributed by atoms with Gasteiger partial charge in [-0.15, -0.1) is 0 Å². The summed E-state index contributed by atoms with van der Waals surface area (Å²) in [5, 5.41) is 4.68. The zero-order valence-corrected chi connectivity index (χ0v) is 24.3. The molecule has 1 spiro atoms. The number of furan rings is 1. The number of hydrogen-bond acceptors (Lipinski definition) is 1. The van der Waals surface area contributed by atoms with E-state index >= 15 is 0 Å². The normalized spacial score (nSPS) is 14.0. The number of rotatable bonds is 1. The highest BCUT2D eigenvalue weighted by atomic mass is 16.3. The van der Waals surface area contributed by atoms with Gasteiger partial charge in [0.15, 0.2) is 0 Å². The van der Waals surface area contributed by atoms with E-state index < -0.39 is 0 Å². The van der Waals surface area contributed by atoms with Crippen molar-refractivity contribution in [1.82, 2.24) is 4.57 Å². The van der Waals surface area contributed by atoms with Crippen LogP contribution in [0.15, 0.2) is 156 Å². The van der Waals surface area contributed by atoms with Gasteiger partial charge in [0.25, 0.3) is 0 Å². The standard InChI is InChI=1S/C43H25NO/c1-2-12-26(13-3-1)44-37-21-11-7-17-32(37)40-38(44)25-23-30-29-22-24-36-39(41(29)45-42(30)40)31-16-6-10-20-35(31)43(36)33-18-8-4-14-27(33)28-15-5-9-19-34(28)43/h1-25H. The third kappa shape index (κ3) is 2.69. The Kier molecular flexibility index (Phi) is 4.29. The van der Waals surface area contributed by atoms with Crippen LogP contribution in [-0.2, 0) is 5.41 Å². The van der Waals surface area contributed by atoms with Gasteiger partial charge in [0.05, 0.1) is 21.8 Å². The Morgan fingerprint density at radius 3 is 1.73 bits per heavy atom. The lowest BCUT2D eigenvalue weighted by molar-refractivity contribution is 0.673. The summed E-state index contributed by atoms with van der Waals surface area (Å²) in [4.78, 5) is 0. The quantitative estimate of drug-likeness (QED) is 0.192. The van der Waals surface area contributed by atoms with Gasteiger partial charge in [0.1, 0.15) is 11.2 Å². The highest BCUT2D eigenvalue weighted by Gasteiger charge is 2.52. The maximum absolute atomic E-state index is 7.19. The van der Waals surface area contributed by atoms with Crippen LogP contribution in [0.25, 0.3) is 71.7 Å². The number of hydrogen-bond donors (Lipinski definition) is 0. The number of aromatic nitrogens is 1. The second kappa shape index (κ2) is 8.19. The summed E-state index contributed by atoms with van der Waals surface area (Å²) in [6, 6.07) is 55.4. The van der Waals surface area contributed by atoms with Crippen molar-refractivity contribution in [3.63, 3.8) is 0 Å². The highest BCUT2D eigenvalue weighted by molar-refractivity contribution is 6.25. The molecule has 9 aromatic rings. The zero-order valence-electron chi connectivity index (χ0n) is 24.3. The minimum atomic E-state index is -0.384. The molecule has 2 aliphatic carbocycles. The smallest absolute Gasteiger partial charge is 0.145 e. The number of fused-ring (bicyclic) bond motifs is 18. The van der Waals surface area contributed by atoms with Crippen LogP contribution >= 0.6 is 0 Å². The van der Waals surface area contributed by atoms with Crippen LogP contribution in [0.2, 0.25) is 0 Å². The molecular weight excluding hydrogens is 546 g/mol. The summed E-state index contributed by atoms with van der Waals surface area (Å²) in [6.45, 7) is 0. The maximum atomic E-state index is 7.19. The van der Waals surface area contributed by atoms with Crippen molar-refractivity contribution in [3.8, 4) is 27.9 Å². The topological polar surface area (TPSA) is 18.1 Å². The number of nitrogens with zero attached hydrogens (tertiary/aromatic N) is 1. The zero-order chi connectivity index (χ0) is 29.3. The predicted octanol–water partition coefficient (Wildman–Crippen LogP) is 11.0. The van der Waals surface area contributed by atoms with Crippen molar-refractivity contribution in [3.05, 3.63) is 174 Å². The molecule has 0 N–H and O–H groups in total. The van der Waals surface area contributed by atoms with E-state index in [9.17, 15) is 0 Å². The molecule has 2 heterocycles. The van der Waals surface area contributed by atoms with E-state index in [1.807, 2.05) is 0 Å². The van der Waals surface area contributed by atoms with Crippen LogP contribution in [0, 0.1) is 0 Å². The lowest BCUT2D eigenvalue weighted by Crippen LogP contribution is -2.25. The minimum absolute atomic E-state index is 0.384. The van der Waals surface area contributed by atoms with Crippen LogP contribution in [0.3, 0.4) is 0 Å². The first-order valence-electron chi connectivity index (χ1n) is 15.6. The summed E-state index contributed by atoms with van der Waals surface area (Å²) in [7, 11) is 0. The van der Waals surface area contributed by atoms with Gasteiger partial charge in [-0.25, -0.2) is 0 Å². The molecule has 2 heteroatoms. The summed E-state index contributed by atoms with van der Waals surface area (Å²) in [5.41, 5.74) is 15.4. The lowest BCUT2D eigenvalue weighted by atomic mass is 9.70. The SMILES string of the molecule is c1ccc(-n2c3ccccc3c3c4oc5c6c(ccc5c4ccc32)C2(c3ccccc3-c3ccccc32)c2ccccc2-6)cc1. The fourth-order valence-corrected chi connectivity index (χ4v) is 8.77. The second-order valence-corrected chi connectivity index (χ2v) is 12.4. The maximum Gasteiger partial charge on any atom is 0.145 e. The van der Waals surface area contributed by atoms with Crippen molar-refractivity contribution >= 4 is 43.7 Å². The average Bonchev–Trinajstić information content (AvgIpc) is 3.82. The van der Waals surface area contributed by atoms with E-state index in [2.05, 4.69) is 156 Å². The van der Waals surface area contributed by atoms with Crippen LogP contribution in [0.1, 0.15) is 22.3 Å². The van der Waals surface area contributed by atoms with E-state index in [1.165, 1.54) is 55.4 Å². The first-order valence-corrected chi connectivity index (χ1v) is 15.6.